The highest BCUT2D eigenvalue weighted by Gasteiger charge is 2.32. The first-order valence-electron chi connectivity index (χ1n) is 9.05. The fraction of sp³-hybridized carbons (Fsp3) is 0.882. The number of hydrogen-bond donors (Lipinski definition) is 1. The zero-order valence-corrected chi connectivity index (χ0v) is 14.9. The number of nitrogens with one attached hydrogen (secondary N) is 1. The highest BCUT2D eigenvalue weighted by atomic mass is 32.2. The number of thioether (sulfide) groups is 1. The van der Waals surface area contributed by atoms with Crippen molar-refractivity contribution in [1.29, 1.82) is 0 Å². The Morgan fingerprint density at radius 3 is 2.57 bits per heavy atom. The Balaban J connectivity index is 1.44. The van der Waals surface area contributed by atoms with Crippen molar-refractivity contribution in [2.45, 2.75) is 68.7 Å². The van der Waals surface area contributed by atoms with Gasteiger partial charge in [-0.3, -0.25) is 4.79 Å². The summed E-state index contributed by atoms with van der Waals surface area (Å²) in [5, 5.41) is 3.93. The van der Waals surface area contributed by atoms with Gasteiger partial charge in [-0.2, -0.15) is 11.8 Å². The molecule has 1 N–H and O–H groups in total. The maximum absolute atomic E-state index is 12.5. The summed E-state index contributed by atoms with van der Waals surface area (Å²) in [6, 6.07) is 0.791. The van der Waals surface area contributed by atoms with Gasteiger partial charge in [0.05, 0.1) is 0 Å². The summed E-state index contributed by atoms with van der Waals surface area (Å²) in [7, 11) is 0. The number of urea groups is 1. The molecule has 6 heteroatoms. The first kappa shape index (κ1) is 16.9. The lowest BCUT2D eigenvalue weighted by molar-refractivity contribution is -0.130. The summed E-state index contributed by atoms with van der Waals surface area (Å²) < 4.78 is 0. The van der Waals surface area contributed by atoms with Crippen LogP contribution in [0.5, 0.6) is 0 Å². The van der Waals surface area contributed by atoms with Crippen LogP contribution in [0, 0.1) is 0 Å². The van der Waals surface area contributed by atoms with Crippen LogP contribution in [0.1, 0.15) is 51.4 Å². The quantitative estimate of drug-likeness (QED) is 0.859. The molecule has 3 rings (SSSR count). The first-order valence-corrected chi connectivity index (χ1v) is 10.3. The smallest absolute Gasteiger partial charge is 0.317 e. The molecule has 23 heavy (non-hydrogen) atoms. The number of carbonyl (C=O) groups is 2. The summed E-state index contributed by atoms with van der Waals surface area (Å²) in [6.07, 6.45) is 10.4. The van der Waals surface area contributed by atoms with Crippen LogP contribution in [0.3, 0.4) is 0 Å². The molecule has 0 aromatic carbocycles. The second-order valence-electron chi connectivity index (χ2n) is 7.08. The highest BCUT2D eigenvalue weighted by Crippen LogP contribution is 2.27. The number of nitrogens with zero attached hydrogens (tertiary/aromatic N) is 2. The number of rotatable bonds is 3. The number of piperidine rings is 1. The van der Waals surface area contributed by atoms with E-state index in [-0.39, 0.29) is 6.03 Å². The normalized spacial score (nSPS) is 29.9. The van der Waals surface area contributed by atoms with Gasteiger partial charge >= 0.3 is 6.03 Å². The molecule has 3 aliphatic rings. The SMILES string of the molecule is CS[C@H]1CCC[C@H](NC(=O)N2CCC(N3CCCC3=O)CC2)C1. The molecule has 1 aliphatic carbocycles. The van der Waals surface area contributed by atoms with Gasteiger partial charge in [-0.25, -0.2) is 4.79 Å². The molecule has 5 nitrogen and oxygen atoms in total. The molecule has 2 saturated heterocycles. The molecule has 130 valence electrons. The Kier molecular flexibility index (Phi) is 5.72. The zero-order chi connectivity index (χ0) is 16.2. The summed E-state index contributed by atoms with van der Waals surface area (Å²) in [5.41, 5.74) is 0. The van der Waals surface area contributed by atoms with Crippen molar-refractivity contribution in [2.24, 2.45) is 0 Å². The van der Waals surface area contributed by atoms with E-state index in [0.717, 1.165) is 51.7 Å². The molecule has 0 radical (unpaired) electrons. The number of amides is 3. The Bertz CT molecular complexity index is 438. The standard InChI is InChI=1S/C17H29N3O2S/c1-23-15-5-2-4-13(12-15)18-17(22)19-10-7-14(8-11-19)20-9-3-6-16(20)21/h13-15H,2-12H2,1H3,(H,18,22)/t13-,15-/m0/s1. The minimum atomic E-state index is 0.1000. The van der Waals surface area contributed by atoms with Crippen molar-refractivity contribution in [3.63, 3.8) is 0 Å². The molecule has 0 spiro atoms. The van der Waals surface area contributed by atoms with Gasteiger partial charge in [0.25, 0.3) is 0 Å². The fourth-order valence-electron chi connectivity index (χ4n) is 4.19. The maximum atomic E-state index is 12.5. The van der Waals surface area contributed by atoms with Crippen molar-refractivity contribution in [3.8, 4) is 0 Å². The third kappa shape index (κ3) is 4.14. The van der Waals surface area contributed by atoms with Crippen molar-refractivity contribution in [3.05, 3.63) is 0 Å². The summed E-state index contributed by atoms with van der Waals surface area (Å²) in [6.45, 7) is 2.46. The van der Waals surface area contributed by atoms with E-state index in [9.17, 15) is 9.59 Å². The average molecular weight is 340 g/mol. The second kappa shape index (κ2) is 7.77. The number of likely N-dealkylation sites (tertiary alicyclic amines) is 2. The van der Waals surface area contributed by atoms with Crippen molar-refractivity contribution < 1.29 is 9.59 Å². The van der Waals surface area contributed by atoms with E-state index in [0.29, 0.717) is 29.7 Å². The summed E-state index contributed by atoms with van der Waals surface area (Å²) in [5.74, 6) is 0.304. The summed E-state index contributed by atoms with van der Waals surface area (Å²) >= 11 is 1.92. The second-order valence-corrected chi connectivity index (χ2v) is 8.22. The molecule has 2 heterocycles. The molecule has 3 fully saturated rings. The van der Waals surface area contributed by atoms with Crippen molar-refractivity contribution >= 4 is 23.7 Å². The third-order valence-corrected chi connectivity index (χ3v) is 6.68. The average Bonchev–Trinajstić information content (AvgIpc) is 3.01. The third-order valence-electron chi connectivity index (χ3n) is 5.59. The van der Waals surface area contributed by atoms with Crippen LogP contribution in [0.2, 0.25) is 0 Å². The Labute approximate surface area is 143 Å². The molecule has 0 aromatic rings. The first-order chi connectivity index (χ1) is 11.2. The van der Waals surface area contributed by atoms with Crippen LogP contribution in [-0.2, 0) is 4.79 Å². The molecular weight excluding hydrogens is 310 g/mol. The number of hydrogen-bond acceptors (Lipinski definition) is 3. The van der Waals surface area contributed by atoms with Gasteiger partial charge in [-0.1, -0.05) is 6.42 Å². The summed E-state index contributed by atoms with van der Waals surface area (Å²) in [4.78, 5) is 28.3. The van der Waals surface area contributed by atoms with E-state index in [2.05, 4.69) is 11.6 Å². The zero-order valence-electron chi connectivity index (χ0n) is 14.1. The maximum Gasteiger partial charge on any atom is 0.317 e. The molecule has 0 unspecified atom stereocenters. The van der Waals surface area contributed by atoms with Crippen LogP contribution in [0.25, 0.3) is 0 Å². The lowest BCUT2D eigenvalue weighted by Gasteiger charge is -2.38. The Morgan fingerprint density at radius 1 is 1.13 bits per heavy atom. The van der Waals surface area contributed by atoms with Crippen molar-refractivity contribution in [1.82, 2.24) is 15.1 Å². The van der Waals surface area contributed by atoms with Crippen LogP contribution >= 0.6 is 11.8 Å². The molecule has 0 bridgehead atoms. The molecular formula is C17H29N3O2S. The van der Waals surface area contributed by atoms with E-state index in [1.54, 1.807) is 0 Å². The molecule has 2 atom stereocenters. The largest absolute Gasteiger partial charge is 0.340 e. The molecule has 3 amide bonds. The van der Waals surface area contributed by atoms with Crippen LogP contribution in [-0.4, -0.2) is 65.0 Å². The van der Waals surface area contributed by atoms with Crippen LogP contribution < -0.4 is 5.32 Å². The van der Waals surface area contributed by atoms with E-state index in [1.165, 1.54) is 12.8 Å². The fourth-order valence-corrected chi connectivity index (χ4v) is 5.02. The van der Waals surface area contributed by atoms with Gasteiger partial charge in [0, 0.05) is 43.4 Å². The Hall–Kier alpha value is -0.910. The van der Waals surface area contributed by atoms with Gasteiger partial charge in [0.1, 0.15) is 0 Å². The predicted molar refractivity (Wildman–Crippen MR) is 93.6 cm³/mol. The lowest BCUT2D eigenvalue weighted by Crippen LogP contribution is -2.52. The van der Waals surface area contributed by atoms with Gasteiger partial charge in [0.15, 0.2) is 0 Å². The van der Waals surface area contributed by atoms with Gasteiger partial charge in [-0.15, -0.1) is 0 Å². The van der Waals surface area contributed by atoms with E-state index < -0.39 is 0 Å². The van der Waals surface area contributed by atoms with E-state index >= 15 is 0 Å². The molecule has 0 aromatic heterocycles. The lowest BCUT2D eigenvalue weighted by atomic mass is 9.95. The van der Waals surface area contributed by atoms with Gasteiger partial charge < -0.3 is 15.1 Å². The minimum Gasteiger partial charge on any atom is -0.340 e. The van der Waals surface area contributed by atoms with Crippen LogP contribution in [0.15, 0.2) is 0 Å². The predicted octanol–water partition coefficient (Wildman–Crippen LogP) is 2.46. The van der Waals surface area contributed by atoms with E-state index in [1.807, 2.05) is 21.6 Å². The number of carbonyl (C=O) groups excluding carboxylic acids is 2. The highest BCUT2D eigenvalue weighted by molar-refractivity contribution is 7.99. The molecule has 1 saturated carbocycles. The van der Waals surface area contributed by atoms with Crippen molar-refractivity contribution in [2.75, 3.05) is 25.9 Å². The van der Waals surface area contributed by atoms with Crippen LogP contribution in [0.4, 0.5) is 4.79 Å². The molecule has 2 aliphatic heterocycles. The van der Waals surface area contributed by atoms with E-state index in [4.69, 9.17) is 0 Å². The topological polar surface area (TPSA) is 52.7 Å². The van der Waals surface area contributed by atoms with Gasteiger partial charge in [-0.05, 0) is 44.8 Å². The monoisotopic (exact) mass is 339 g/mol. The minimum absolute atomic E-state index is 0.1000. The van der Waals surface area contributed by atoms with Gasteiger partial charge in [0.2, 0.25) is 5.91 Å². The Morgan fingerprint density at radius 2 is 1.91 bits per heavy atom.